The lowest BCUT2D eigenvalue weighted by atomic mass is 10.2. The molecule has 0 radical (unpaired) electrons. The van der Waals surface area contributed by atoms with Crippen LogP contribution in [-0.2, 0) is 21.4 Å². The van der Waals surface area contributed by atoms with Crippen molar-refractivity contribution in [3.63, 3.8) is 0 Å². The lowest BCUT2D eigenvalue weighted by Crippen LogP contribution is -2.36. The van der Waals surface area contributed by atoms with Crippen LogP contribution in [-0.4, -0.2) is 56.8 Å². The Morgan fingerprint density at radius 3 is 2.43 bits per heavy atom. The van der Waals surface area contributed by atoms with Crippen LogP contribution >= 0.6 is 11.6 Å². The molecule has 1 heterocycles. The summed E-state index contributed by atoms with van der Waals surface area (Å²) in [6.07, 6.45) is 0.973. The third-order valence-electron chi connectivity index (χ3n) is 5.15. The number of aryl methyl sites for hydroxylation is 1. The highest BCUT2D eigenvalue weighted by atomic mass is 35.5. The van der Waals surface area contributed by atoms with E-state index < -0.39 is 10.0 Å². The molecule has 162 valence electrons. The van der Waals surface area contributed by atoms with Gasteiger partial charge in [-0.15, -0.1) is 0 Å². The van der Waals surface area contributed by atoms with E-state index in [1.165, 1.54) is 11.6 Å². The van der Waals surface area contributed by atoms with Crippen LogP contribution in [0.1, 0.15) is 17.5 Å². The number of nitrogens with zero attached hydrogens (tertiary/aromatic N) is 2. The number of anilines is 1. The van der Waals surface area contributed by atoms with E-state index in [-0.39, 0.29) is 17.3 Å². The summed E-state index contributed by atoms with van der Waals surface area (Å²) in [4.78, 5) is 17.0. The zero-order chi connectivity index (χ0) is 21.7. The summed E-state index contributed by atoms with van der Waals surface area (Å²) in [6, 6.07) is 12.6. The Bertz CT molecular complexity index is 996. The molecule has 3 N–H and O–H groups in total. The average Bonchev–Trinajstić information content (AvgIpc) is 2.89. The van der Waals surface area contributed by atoms with Gasteiger partial charge in [-0.3, -0.25) is 14.6 Å². The zero-order valence-electron chi connectivity index (χ0n) is 17.0. The van der Waals surface area contributed by atoms with Crippen LogP contribution in [0.3, 0.4) is 0 Å². The minimum absolute atomic E-state index is 0.0212. The number of nitrogens with one attached hydrogen (secondary N) is 1. The van der Waals surface area contributed by atoms with Gasteiger partial charge in [-0.05, 0) is 61.8 Å². The summed E-state index contributed by atoms with van der Waals surface area (Å²) in [5.41, 5.74) is 2.19. The topological polar surface area (TPSA) is 95.7 Å². The Hall–Kier alpha value is -1.97. The number of halogens is 1. The van der Waals surface area contributed by atoms with E-state index in [9.17, 15) is 13.2 Å². The summed E-state index contributed by atoms with van der Waals surface area (Å²) < 4.78 is 23.3. The zero-order valence-corrected chi connectivity index (χ0v) is 18.5. The first kappa shape index (κ1) is 22.7. The lowest BCUT2D eigenvalue weighted by Gasteiger charge is -2.21. The molecule has 0 unspecified atom stereocenters. The largest absolute Gasteiger partial charge is 0.325 e. The Morgan fingerprint density at radius 1 is 1.07 bits per heavy atom. The number of primary sulfonamides is 1. The Labute approximate surface area is 182 Å². The van der Waals surface area contributed by atoms with E-state index in [1.54, 1.807) is 19.1 Å². The molecule has 1 aliphatic rings. The second-order valence-corrected chi connectivity index (χ2v) is 9.57. The van der Waals surface area contributed by atoms with Crippen molar-refractivity contribution in [3.05, 3.63) is 58.6 Å². The SMILES string of the molecule is Cc1ccc(NC(=O)CN2CCCN(Cc3ccc(Cl)cc3)CC2)cc1S(N)(=O)=O. The number of sulfonamides is 1. The third kappa shape index (κ3) is 6.52. The number of carbonyl (C=O) groups excluding carboxylic acids is 1. The van der Waals surface area contributed by atoms with Gasteiger partial charge in [0.25, 0.3) is 0 Å². The van der Waals surface area contributed by atoms with Gasteiger partial charge in [-0.2, -0.15) is 0 Å². The van der Waals surface area contributed by atoms with Crippen molar-refractivity contribution in [2.45, 2.75) is 24.8 Å². The van der Waals surface area contributed by atoms with E-state index in [4.69, 9.17) is 16.7 Å². The molecule has 7 nitrogen and oxygen atoms in total. The molecule has 9 heteroatoms. The highest BCUT2D eigenvalue weighted by molar-refractivity contribution is 7.89. The summed E-state index contributed by atoms with van der Waals surface area (Å²) in [6.45, 7) is 6.24. The molecule has 1 aliphatic heterocycles. The summed E-state index contributed by atoms with van der Waals surface area (Å²) in [5, 5.41) is 8.75. The minimum Gasteiger partial charge on any atom is -0.325 e. The van der Waals surface area contributed by atoms with Gasteiger partial charge in [0, 0.05) is 30.3 Å². The van der Waals surface area contributed by atoms with E-state index in [0.717, 1.165) is 44.2 Å². The average molecular weight is 451 g/mol. The van der Waals surface area contributed by atoms with Gasteiger partial charge < -0.3 is 5.32 Å². The number of amides is 1. The lowest BCUT2D eigenvalue weighted by molar-refractivity contribution is -0.117. The van der Waals surface area contributed by atoms with Crippen molar-refractivity contribution < 1.29 is 13.2 Å². The maximum Gasteiger partial charge on any atom is 0.238 e. The van der Waals surface area contributed by atoms with Gasteiger partial charge in [-0.25, -0.2) is 13.6 Å². The van der Waals surface area contributed by atoms with Crippen molar-refractivity contribution in [1.82, 2.24) is 9.80 Å². The second-order valence-electron chi connectivity index (χ2n) is 7.61. The smallest absolute Gasteiger partial charge is 0.238 e. The molecule has 0 spiro atoms. The Kier molecular flexibility index (Phi) is 7.49. The number of hydrogen-bond acceptors (Lipinski definition) is 5. The summed E-state index contributed by atoms with van der Waals surface area (Å²) in [7, 11) is -3.83. The van der Waals surface area contributed by atoms with Crippen molar-refractivity contribution in [2.75, 3.05) is 38.0 Å². The first-order valence-corrected chi connectivity index (χ1v) is 11.8. The molecule has 1 saturated heterocycles. The predicted octanol–water partition coefficient (Wildman–Crippen LogP) is 2.44. The maximum atomic E-state index is 12.5. The molecule has 0 saturated carbocycles. The molecule has 0 aliphatic carbocycles. The fraction of sp³-hybridized carbons (Fsp3) is 0.381. The molecule has 2 aromatic rings. The number of carbonyl (C=O) groups is 1. The van der Waals surface area contributed by atoms with E-state index >= 15 is 0 Å². The molecular formula is C21H27ClN4O3S. The van der Waals surface area contributed by atoms with Crippen LogP contribution in [0.5, 0.6) is 0 Å². The van der Waals surface area contributed by atoms with Gasteiger partial charge in [-0.1, -0.05) is 29.8 Å². The Balaban J connectivity index is 1.53. The van der Waals surface area contributed by atoms with Crippen molar-refractivity contribution in [1.29, 1.82) is 0 Å². The van der Waals surface area contributed by atoms with Crippen LogP contribution in [0.25, 0.3) is 0 Å². The van der Waals surface area contributed by atoms with Gasteiger partial charge in [0.15, 0.2) is 0 Å². The number of rotatable bonds is 6. The van der Waals surface area contributed by atoms with Crippen molar-refractivity contribution in [3.8, 4) is 0 Å². The van der Waals surface area contributed by atoms with Crippen molar-refractivity contribution in [2.24, 2.45) is 5.14 Å². The summed E-state index contributed by atoms with van der Waals surface area (Å²) >= 11 is 5.95. The van der Waals surface area contributed by atoms with Gasteiger partial charge in [0.2, 0.25) is 15.9 Å². The third-order valence-corrected chi connectivity index (χ3v) is 6.45. The number of benzene rings is 2. The molecule has 0 atom stereocenters. The minimum atomic E-state index is -3.83. The Morgan fingerprint density at radius 2 is 1.73 bits per heavy atom. The van der Waals surface area contributed by atoms with Gasteiger partial charge in [0.05, 0.1) is 11.4 Å². The molecule has 2 aromatic carbocycles. The maximum absolute atomic E-state index is 12.5. The molecule has 1 amide bonds. The van der Waals surface area contributed by atoms with Gasteiger partial charge >= 0.3 is 0 Å². The van der Waals surface area contributed by atoms with Crippen LogP contribution in [0.4, 0.5) is 5.69 Å². The molecule has 1 fully saturated rings. The number of nitrogens with two attached hydrogens (primary N) is 1. The van der Waals surface area contributed by atoms with E-state index in [2.05, 4.69) is 15.1 Å². The highest BCUT2D eigenvalue weighted by Crippen LogP contribution is 2.19. The monoisotopic (exact) mass is 450 g/mol. The fourth-order valence-corrected chi connectivity index (χ4v) is 4.51. The highest BCUT2D eigenvalue weighted by Gasteiger charge is 2.18. The predicted molar refractivity (Wildman–Crippen MR) is 119 cm³/mol. The molecular weight excluding hydrogens is 424 g/mol. The molecule has 0 bridgehead atoms. The van der Waals surface area contributed by atoms with Crippen LogP contribution in [0.2, 0.25) is 5.02 Å². The molecule has 3 rings (SSSR count). The first-order valence-electron chi connectivity index (χ1n) is 9.83. The summed E-state index contributed by atoms with van der Waals surface area (Å²) in [5.74, 6) is -0.176. The van der Waals surface area contributed by atoms with Crippen LogP contribution in [0.15, 0.2) is 47.4 Å². The van der Waals surface area contributed by atoms with Crippen LogP contribution < -0.4 is 10.5 Å². The van der Waals surface area contributed by atoms with E-state index in [1.807, 2.05) is 24.3 Å². The second kappa shape index (κ2) is 9.89. The first-order chi connectivity index (χ1) is 14.2. The van der Waals surface area contributed by atoms with Crippen molar-refractivity contribution >= 4 is 33.2 Å². The quantitative estimate of drug-likeness (QED) is 0.704. The molecule has 0 aromatic heterocycles. The molecule has 30 heavy (non-hydrogen) atoms. The van der Waals surface area contributed by atoms with E-state index in [0.29, 0.717) is 11.3 Å². The van der Waals surface area contributed by atoms with Gasteiger partial charge in [0.1, 0.15) is 0 Å². The standard InChI is InChI=1S/C21H27ClN4O3S/c1-16-3-8-19(13-20(16)30(23,28)29)24-21(27)15-26-10-2-9-25(11-12-26)14-17-4-6-18(22)7-5-17/h3-8,13H,2,9-12,14-15H2,1H3,(H,24,27)(H2,23,28,29). The normalized spacial score (nSPS) is 16.2. The van der Waals surface area contributed by atoms with Crippen LogP contribution in [0, 0.1) is 6.92 Å². The fourth-order valence-electron chi connectivity index (χ4n) is 3.58. The number of hydrogen-bond donors (Lipinski definition) is 2.